The predicted molar refractivity (Wildman–Crippen MR) is 101 cm³/mol. The van der Waals surface area contributed by atoms with Crippen LogP contribution < -0.4 is 4.90 Å². The maximum atomic E-state index is 4.95. The summed E-state index contributed by atoms with van der Waals surface area (Å²) in [6, 6.07) is 2.27. The van der Waals surface area contributed by atoms with Gasteiger partial charge in [-0.2, -0.15) is 0 Å². The first-order valence-corrected chi connectivity index (χ1v) is 9.69. The van der Waals surface area contributed by atoms with E-state index < -0.39 is 0 Å². The van der Waals surface area contributed by atoms with Crippen LogP contribution in [0.15, 0.2) is 6.07 Å². The molecular weight excluding hydrogens is 296 g/mol. The van der Waals surface area contributed by atoms with Gasteiger partial charge in [-0.25, -0.2) is 9.97 Å². The minimum atomic E-state index is 0.00791. The molecule has 24 heavy (non-hydrogen) atoms. The van der Waals surface area contributed by atoms with Crippen LogP contribution in [0, 0.1) is 5.92 Å². The SMILES string of the molecule is CC(C)CN1CCN(c2cc(C3CCC3)nc(C(C)(C)C)n2)CC1. The number of anilines is 1. The maximum Gasteiger partial charge on any atom is 0.136 e. The zero-order chi connectivity index (χ0) is 17.3. The minimum Gasteiger partial charge on any atom is -0.354 e. The van der Waals surface area contributed by atoms with Crippen LogP contribution in [-0.4, -0.2) is 47.6 Å². The zero-order valence-corrected chi connectivity index (χ0v) is 16.2. The third-order valence-electron chi connectivity index (χ3n) is 5.25. The highest BCUT2D eigenvalue weighted by atomic mass is 15.3. The van der Waals surface area contributed by atoms with E-state index in [9.17, 15) is 0 Å². The lowest BCUT2D eigenvalue weighted by atomic mass is 9.82. The number of rotatable bonds is 4. The minimum absolute atomic E-state index is 0.00791. The van der Waals surface area contributed by atoms with Crippen LogP contribution >= 0.6 is 0 Å². The molecule has 4 heteroatoms. The molecule has 0 amide bonds. The molecule has 4 nitrogen and oxygen atoms in total. The fourth-order valence-corrected chi connectivity index (χ4v) is 3.54. The third-order valence-corrected chi connectivity index (χ3v) is 5.25. The molecule has 0 radical (unpaired) electrons. The molecule has 1 saturated carbocycles. The number of hydrogen-bond acceptors (Lipinski definition) is 4. The Morgan fingerprint density at radius 1 is 1.08 bits per heavy atom. The van der Waals surface area contributed by atoms with Crippen LogP contribution in [0.4, 0.5) is 5.82 Å². The van der Waals surface area contributed by atoms with E-state index in [1.165, 1.54) is 31.5 Å². The van der Waals surface area contributed by atoms with Gasteiger partial charge in [0.2, 0.25) is 0 Å². The predicted octanol–water partition coefficient (Wildman–Crippen LogP) is 3.82. The van der Waals surface area contributed by atoms with Crippen molar-refractivity contribution in [1.29, 1.82) is 0 Å². The molecule has 0 bridgehead atoms. The largest absolute Gasteiger partial charge is 0.354 e. The van der Waals surface area contributed by atoms with E-state index in [1.54, 1.807) is 0 Å². The summed E-state index contributed by atoms with van der Waals surface area (Å²) in [5.74, 6) is 3.57. The Hall–Kier alpha value is -1.16. The van der Waals surface area contributed by atoms with Crippen LogP contribution in [0.25, 0.3) is 0 Å². The molecule has 1 saturated heterocycles. The van der Waals surface area contributed by atoms with Crippen molar-refractivity contribution in [2.75, 3.05) is 37.6 Å². The molecule has 2 fully saturated rings. The van der Waals surface area contributed by atoms with Crippen LogP contribution in [0.3, 0.4) is 0 Å². The maximum absolute atomic E-state index is 4.95. The first kappa shape index (κ1) is 17.7. The summed E-state index contributed by atoms with van der Waals surface area (Å²) < 4.78 is 0. The molecular formula is C20H34N4. The molecule has 0 N–H and O–H groups in total. The summed E-state index contributed by atoms with van der Waals surface area (Å²) in [5.41, 5.74) is 1.29. The van der Waals surface area contributed by atoms with E-state index in [2.05, 4.69) is 50.5 Å². The molecule has 0 unspecified atom stereocenters. The Morgan fingerprint density at radius 2 is 1.75 bits per heavy atom. The van der Waals surface area contributed by atoms with Crippen molar-refractivity contribution in [3.05, 3.63) is 17.6 Å². The van der Waals surface area contributed by atoms with Gasteiger partial charge < -0.3 is 4.90 Å². The fraction of sp³-hybridized carbons (Fsp3) is 0.800. The average molecular weight is 331 g/mol. The molecule has 1 aromatic heterocycles. The van der Waals surface area contributed by atoms with Crippen molar-refractivity contribution >= 4 is 5.82 Å². The van der Waals surface area contributed by atoms with Gasteiger partial charge in [-0.3, -0.25) is 4.90 Å². The Kier molecular flexibility index (Phi) is 5.14. The monoisotopic (exact) mass is 330 g/mol. The van der Waals surface area contributed by atoms with Crippen LogP contribution in [0.2, 0.25) is 0 Å². The summed E-state index contributed by atoms with van der Waals surface area (Å²) in [5, 5.41) is 0. The molecule has 3 rings (SSSR count). The van der Waals surface area contributed by atoms with Gasteiger partial charge in [0.15, 0.2) is 0 Å². The summed E-state index contributed by atoms with van der Waals surface area (Å²) in [6.45, 7) is 16.9. The third kappa shape index (κ3) is 4.08. The lowest BCUT2D eigenvalue weighted by Gasteiger charge is -2.37. The van der Waals surface area contributed by atoms with Crippen molar-refractivity contribution in [2.45, 2.75) is 65.2 Å². The highest BCUT2D eigenvalue weighted by molar-refractivity contribution is 5.42. The van der Waals surface area contributed by atoms with E-state index >= 15 is 0 Å². The summed E-state index contributed by atoms with van der Waals surface area (Å²) >= 11 is 0. The Bertz CT molecular complexity index is 549. The molecule has 134 valence electrons. The van der Waals surface area contributed by atoms with E-state index in [0.29, 0.717) is 5.92 Å². The summed E-state index contributed by atoms with van der Waals surface area (Å²) in [6.07, 6.45) is 3.94. The van der Waals surface area contributed by atoms with Gasteiger partial charge >= 0.3 is 0 Å². The van der Waals surface area contributed by atoms with E-state index in [-0.39, 0.29) is 5.41 Å². The molecule has 0 spiro atoms. The van der Waals surface area contributed by atoms with Crippen LogP contribution in [0.1, 0.15) is 71.3 Å². The zero-order valence-electron chi connectivity index (χ0n) is 16.2. The first-order valence-electron chi connectivity index (χ1n) is 9.69. The fourth-order valence-electron chi connectivity index (χ4n) is 3.54. The van der Waals surface area contributed by atoms with Crippen molar-refractivity contribution in [3.8, 4) is 0 Å². The van der Waals surface area contributed by atoms with Crippen molar-refractivity contribution in [1.82, 2.24) is 14.9 Å². The Morgan fingerprint density at radius 3 is 2.25 bits per heavy atom. The van der Waals surface area contributed by atoms with Crippen LogP contribution in [-0.2, 0) is 5.41 Å². The Labute approximate surface area is 147 Å². The first-order chi connectivity index (χ1) is 11.3. The van der Waals surface area contributed by atoms with Crippen molar-refractivity contribution < 1.29 is 0 Å². The quantitative estimate of drug-likeness (QED) is 0.840. The van der Waals surface area contributed by atoms with Gasteiger partial charge in [0.25, 0.3) is 0 Å². The average Bonchev–Trinajstić information content (AvgIpc) is 2.44. The van der Waals surface area contributed by atoms with Gasteiger partial charge in [0.05, 0.1) is 0 Å². The van der Waals surface area contributed by atoms with E-state index in [4.69, 9.17) is 9.97 Å². The highest BCUT2D eigenvalue weighted by Crippen LogP contribution is 2.37. The number of piperazine rings is 1. The number of aromatic nitrogens is 2. The second-order valence-corrected chi connectivity index (χ2v) is 9.03. The lowest BCUT2D eigenvalue weighted by Crippen LogP contribution is -2.47. The van der Waals surface area contributed by atoms with Gasteiger partial charge in [-0.1, -0.05) is 41.0 Å². The smallest absolute Gasteiger partial charge is 0.136 e. The molecule has 1 aromatic rings. The highest BCUT2D eigenvalue weighted by Gasteiger charge is 2.27. The second-order valence-electron chi connectivity index (χ2n) is 9.03. The normalized spacial score (nSPS) is 20.5. The van der Waals surface area contributed by atoms with Crippen molar-refractivity contribution in [3.63, 3.8) is 0 Å². The lowest BCUT2D eigenvalue weighted by molar-refractivity contribution is 0.230. The summed E-state index contributed by atoms with van der Waals surface area (Å²) in [4.78, 5) is 14.9. The van der Waals surface area contributed by atoms with Gasteiger partial charge in [0.1, 0.15) is 11.6 Å². The number of nitrogens with zero attached hydrogens (tertiary/aromatic N) is 4. The Balaban J connectivity index is 1.77. The van der Waals surface area contributed by atoms with Gasteiger partial charge in [-0.05, 0) is 18.8 Å². The topological polar surface area (TPSA) is 32.3 Å². The summed E-state index contributed by atoms with van der Waals surface area (Å²) in [7, 11) is 0. The molecule has 0 aromatic carbocycles. The number of hydrogen-bond donors (Lipinski definition) is 0. The van der Waals surface area contributed by atoms with Gasteiger partial charge in [0, 0.05) is 55.8 Å². The molecule has 1 aliphatic carbocycles. The van der Waals surface area contributed by atoms with Crippen LogP contribution in [0.5, 0.6) is 0 Å². The second kappa shape index (κ2) is 6.99. The van der Waals surface area contributed by atoms with Gasteiger partial charge in [-0.15, -0.1) is 0 Å². The molecule has 1 aliphatic heterocycles. The standard InChI is InChI=1S/C20H34N4/c1-15(2)14-23-9-11-24(12-10-23)18-13-17(16-7-6-8-16)21-19(22-18)20(3,4)5/h13,15-16H,6-12,14H2,1-5H3. The van der Waals surface area contributed by atoms with E-state index in [0.717, 1.165) is 43.7 Å². The van der Waals surface area contributed by atoms with Crippen molar-refractivity contribution in [2.24, 2.45) is 5.92 Å². The molecule has 0 atom stereocenters. The molecule has 2 aliphatic rings. The molecule has 2 heterocycles. The van der Waals surface area contributed by atoms with E-state index in [1.807, 2.05) is 0 Å².